The molecule has 1 aliphatic rings. The molecule has 0 amide bonds. The second kappa shape index (κ2) is 7.13. The number of aliphatic carboxylic acids is 1. The maximum atomic E-state index is 13.1. The molecule has 0 aliphatic heterocycles. The van der Waals surface area contributed by atoms with E-state index in [1.54, 1.807) is 12.1 Å². The molecule has 1 aliphatic carbocycles. The van der Waals surface area contributed by atoms with Gasteiger partial charge in [-0.3, -0.25) is 4.79 Å². The van der Waals surface area contributed by atoms with Gasteiger partial charge in [0.1, 0.15) is 0 Å². The lowest BCUT2D eigenvalue weighted by molar-refractivity contribution is -0.139. The van der Waals surface area contributed by atoms with Crippen LogP contribution < -0.4 is 5.32 Å². The first kappa shape index (κ1) is 16.8. The zero-order valence-corrected chi connectivity index (χ0v) is 12.2. The summed E-state index contributed by atoms with van der Waals surface area (Å²) in [6.45, 7) is 0.516. The van der Waals surface area contributed by atoms with E-state index in [0.29, 0.717) is 18.5 Å². The molecule has 1 aromatic rings. The lowest BCUT2D eigenvalue weighted by Crippen LogP contribution is -2.33. The largest absolute Gasteiger partial charge is 0.481 e. The average Bonchev–Trinajstić information content (AvgIpc) is 2.91. The van der Waals surface area contributed by atoms with E-state index < -0.39 is 17.7 Å². The number of carboxylic acids is 1. The smallest absolute Gasteiger partial charge is 0.416 e. The van der Waals surface area contributed by atoms with Crippen LogP contribution in [0.25, 0.3) is 0 Å². The third-order valence-corrected chi connectivity index (χ3v) is 4.16. The van der Waals surface area contributed by atoms with Crippen molar-refractivity contribution < 1.29 is 23.1 Å². The molecule has 122 valence electrons. The Balaban J connectivity index is 2.06. The van der Waals surface area contributed by atoms with Crippen molar-refractivity contribution in [1.82, 2.24) is 5.32 Å². The van der Waals surface area contributed by atoms with Crippen molar-refractivity contribution in [2.24, 2.45) is 0 Å². The van der Waals surface area contributed by atoms with Crippen molar-refractivity contribution >= 4 is 5.97 Å². The van der Waals surface area contributed by atoms with E-state index in [9.17, 15) is 18.0 Å². The van der Waals surface area contributed by atoms with Crippen molar-refractivity contribution in [2.45, 2.75) is 50.2 Å². The first-order valence-corrected chi connectivity index (χ1v) is 7.51. The molecule has 0 heterocycles. The van der Waals surface area contributed by atoms with E-state index >= 15 is 0 Å². The monoisotopic (exact) mass is 315 g/mol. The molecule has 0 aromatic heterocycles. The molecule has 2 rings (SSSR count). The minimum atomic E-state index is -4.34. The number of alkyl halides is 3. The van der Waals surface area contributed by atoms with Crippen LogP contribution in [0.4, 0.5) is 13.2 Å². The van der Waals surface area contributed by atoms with Crippen molar-refractivity contribution in [3.8, 4) is 0 Å². The van der Waals surface area contributed by atoms with E-state index in [4.69, 9.17) is 5.11 Å². The quantitative estimate of drug-likeness (QED) is 0.785. The van der Waals surface area contributed by atoms with Gasteiger partial charge in [-0.15, -0.1) is 0 Å². The highest BCUT2D eigenvalue weighted by atomic mass is 19.4. The Kier molecular flexibility index (Phi) is 5.45. The number of halogens is 3. The fourth-order valence-corrected chi connectivity index (χ4v) is 3.18. The molecule has 2 atom stereocenters. The molecule has 2 unspecified atom stereocenters. The summed E-state index contributed by atoms with van der Waals surface area (Å²) in [6.07, 6.45) is -1.35. The summed E-state index contributed by atoms with van der Waals surface area (Å²) < 4.78 is 39.4. The fraction of sp³-hybridized carbons (Fsp3) is 0.562. The van der Waals surface area contributed by atoms with Crippen LogP contribution in [0.15, 0.2) is 24.3 Å². The highest BCUT2D eigenvalue weighted by Crippen LogP contribution is 2.41. The number of rotatable bonds is 6. The van der Waals surface area contributed by atoms with Gasteiger partial charge in [0, 0.05) is 12.5 Å². The predicted molar refractivity (Wildman–Crippen MR) is 76.7 cm³/mol. The van der Waals surface area contributed by atoms with Crippen LogP contribution in [0.2, 0.25) is 0 Å². The topological polar surface area (TPSA) is 49.3 Å². The standard InChI is InChI=1S/C16H20F3NO2/c17-16(18,19)13-7-2-1-5-11(13)12-6-3-8-14(12)20-10-4-9-15(21)22/h1-2,5,7,12,14,20H,3-4,6,8-10H2,(H,21,22). The van der Waals surface area contributed by atoms with Gasteiger partial charge < -0.3 is 10.4 Å². The van der Waals surface area contributed by atoms with Crippen molar-refractivity contribution in [1.29, 1.82) is 0 Å². The molecule has 0 spiro atoms. The molecule has 1 fully saturated rings. The van der Waals surface area contributed by atoms with Crippen LogP contribution in [0.1, 0.15) is 49.1 Å². The van der Waals surface area contributed by atoms with Gasteiger partial charge in [0.15, 0.2) is 0 Å². The molecule has 2 N–H and O–H groups in total. The molecule has 1 aromatic carbocycles. The second-order valence-electron chi connectivity index (χ2n) is 5.68. The molecule has 0 bridgehead atoms. The molecule has 0 saturated heterocycles. The van der Waals surface area contributed by atoms with Gasteiger partial charge in [0.25, 0.3) is 0 Å². The first-order chi connectivity index (χ1) is 10.4. The van der Waals surface area contributed by atoms with Gasteiger partial charge in [0.2, 0.25) is 0 Å². The highest BCUT2D eigenvalue weighted by Gasteiger charge is 2.38. The Hall–Kier alpha value is -1.56. The fourth-order valence-electron chi connectivity index (χ4n) is 3.18. The van der Waals surface area contributed by atoms with E-state index in [1.807, 2.05) is 0 Å². The zero-order chi connectivity index (χ0) is 16.2. The lowest BCUT2D eigenvalue weighted by atomic mass is 9.89. The summed E-state index contributed by atoms with van der Waals surface area (Å²) in [6, 6.07) is 5.73. The number of hydrogen-bond acceptors (Lipinski definition) is 2. The summed E-state index contributed by atoms with van der Waals surface area (Å²) >= 11 is 0. The summed E-state index contributed by atoms with van der Waals surface area (Å²) in [5, 5.41) is 11.8. The summed E-state index contributed by atoms with van der Waals surface area (Å²) in [7, 11) is 0. The summed E-state index contributed by atoms with van der Waals surface area (Å²) in [5.41, 5.74) is -0.206. The van der Waals surface area contributed by atoms with Gasteiger partial charge in [-0.1, -0.05) is 24.6 Å². The Morgan fingerprint density at radius 2 is 2.00 bits per heavy atom. The van der Waals surface area contributed by atoms with Crippen LogP contribution in [-0.4, -0.2) is 23.7 Å². The van der Waals surface area contributed by atoms with E-state index in [2.05, 4.69) is 5.32 Å². The number of carbonyl (C=O) groups is 1. The first-order valence-electron chi connectivity index (χ1n) is 7.51. The lowest BCUT2D eigenvalue weighted by Gasteiger charge is -2.24. The van der Waals surface area contributed by atoms with Crippen LogP contribution in [0.3, 0.4) is 0 Å². The molecular formula is C16H20F3NO2. The van der Waals surface area contributed by atoms with Gasteiger partial charge >= 0.3 is 12.1 Å². The SMILES string of the molecule is O=C(O)CCCNC1CCCC1c1ccccc1C(F)(F)F. The van der Waals surface area contributed by atoms with Crippen LogP contribution in [-0.2, 0) is 11.0 Å². The van der Waals surface area contributed by atoms with E-state index in [1.165, 1.54) is 6.07 Å². The van der Waals surface area contributed by atoms with Crippen LogP contribution in [0, 0.1) is 0 Å². The van der Waals surface area contributed by atoms with Crippen LogP contribution >= 0.6 is 0 Å². The molecule has 22 heavy (non-hydrogen) atoms. The Morgan fingerprint density at radius 3 is 2.68 bits per heavy atom. The number of nitrogens with one attached hydrogen (secondary N) is 1. The van der Waals surface area contributed by atoms with Crippen molar-refractivity contribution in [3.05, 3.63) is 35.4 Å². The van der Waals surface area contributed by atoms with Crippen LogP contribution in [0.5, 0.6) is 0 Å². The zero-order valence-electron chi connectivity index (χ0n) is 12.2. The molecule has 6 heteroatoms. The molecule has 3 nitrogen and oxygen atoms in total. The summed E-state index contributed by atoms with van der Waals surface area (Å²) in [5.74, 6) is -1.02. The second-order valence-corrected chi connectivity index (χ2v) is 5.68. The van der Waals surface area contributed by atoms with E-state index in [0.717, 1.165) is 25.3 Å². The third-order valence-electron chi connectivity index (χ3n) is 4.16. The number of benzene rings is 1. The van der Waals surface area contributed by atoms with Crippen molar-refractivity contribution in [3.63, 3.8) is 0 Å². The average molecular weight is 315 g/mol. The maximum absolute atomic E-state index is 13.1. The third kappa shape index (κ3) is 4.22. The van der Waals surface area contributed by atoms with Crippen molar-refractivity contribution in [2.75, 3.05) is 6.54 Å². The minimum absolute atomic E-state index is 0.0164. The molecular weight excluding hydrogens is 295 g/mol. The normalized spacial score (nSPS) is 22.0. The van der Waals surface area contributed by atoms with Gasteiger partial charge in [-0.05, 0) is 43.4 Å². The molecule has 1 saturated carbocycles. The Morgan fingerprint density at radius 1 is 1.27 bits per heavy atom. The number of carboxylic acid groups (broad SMARTS) is 1. The Bertz CT molecular complexity index is 516. The summed E-state index contributed by atoms with van der Waals surface area (Å²) in [4.78, 5) is 10.5. The highest BCUT2D eigenvalue weighted by molar-refractivity contribution is 5.66. The maximum Gasteiger partial charge on any atom is 0.416 e. The molecule has 0 radical (unpaired) electrons. The minimum Gasteiger partial charge on any atom is -0.481 e. The van der Waals surface area contributed by atoms with E-state index in [-0.39, 0.29) is 18.4 Å². The van der Waals surface area contributed by atoms with Gasteiger partial charge in [-0.25, -0.2) is 0 Å². The Labute approximate surface area is 127 Å². The van der Waals surface area contributed by atoms with Gasteiger partial charge in [0.05, 0.1) is 5.56 Å². The van der Waals surface area contributed by atoms with Gasteiger partial charge in [-0.2, -0.15) is 13.2 Å². The predicted octanol–water partition coefficient (Wildman–Crippen LogP) is 3.80. The number of hydrogen-bond donors (Lipinski definition) is 2.